The van der Waals surface area contributed by atoms with Crippen molar-refractivity contribution < 1.29 is 9.18 Å². The van der Waals surface area contributed by atoms with Gasteiger partial charge in [-0.15, -0.1) is 0 Å². The molecule has 0 radical (unpaired) electrons. The molecule has 0 aliphatic rings. The van der Waals surface area contributed by atoms with Gasteiger partial charge >= 0.3 is 0 Å². The van der Waals surface area contributed by atoms with E-state index in [-0.39, 0.29) is 28.5 Å². The molecule has 108 valence electrons. The van der Waals surface area contributed by atoms with Crippen molar-refractivity contribution in [1.82, 2.24) is 0 Å². The van der Waals surface area contributed by atoms with Crippen LogP contribution in [-0.2, 0) is 4.79 Å². The average Bonchev–Trinajstić information content (AvgIpc) is 2.28. The predicted molar refractivity (Wildman–Crippen MR) is 77.6 cm³/mol. The largest absolute Gasteiger partial charge is 0.324 e. The first-order valence-corrected chi connectivity index (χ1v) is 6.71. The Bertz CT molecular complexity index is 526. The summed E-state index contributed by atoms with van der Waals surface area (Å²) in [6, 6.07) is 5.87. The van der Waals surface area contributed by atoms with Crippen molar-refractivity contribution >= 4 is 11.6 Å². The second-order valence-electron chi connectivity index (χ2n) is 6.43. The number of nitrogens with zero attached hydrogens (tertiary/aromatic N) is 1. The van der Waals surface area contributed by atoms with Gasteiger partial charge < -0.3 is 5.32 Å². The number of halogens is 1. The molecule has 1 aromatic rings. The van der Waals surface area contributed by atoms with Gasteiger partial charge in [-0.1, -0.05) is 27.7 Å². The lowest BCUT2D eigenvalue weighted by Crippen LogP contribution is -2.19. The number of carbonyl (C=O) groups is 1. The molecule has 1 N–H and O–H groups in total. The number of hydrogen-bond acceptors (Lipinski definition) is 2. The Morgan fingerprint density at radius 1 is 1.45 bits per heavy atom. The Hall–Kier alpha value is -1.89. The molecule has 0 spiro atoms. The van der Waals surface area contributed by atoms with Crippen LogP contribution >= 0.6 is 0 Å². The van der Waals surface area contributed by atoms with E-state index in [4.69, 9.17) is 5.26 Å². The molecule has 0 bridgehead atoms. The smallest absolute Gasteiger partial charge is 0.224 e. The zero-order valence-corrected chi connectivity index (χ0v) is 12.5. The minimum absolute atomic E-state index is 0.122. The summed E-state index contributed by atoms with van der Waals surface area (Å²) >= 11 is 0. The molecule has 1 amide bonds. The zero-order chi connectivity index (χ0) is 15.3. The molecule has 1 atom stereocenters. The molecule has 0 aliphatic carbocycles. The third-order valence-electron chi connectivity index (χ3n) is 2.87. The van der Waals surface area contributed by atoms with Crippen LogP contribution in [0.3, 0.4) is 0 Å². The molecule has 0 aromatic heterocycles. The second-order valence-corrected chi connectivity index (χ2v) is 6.43. The maximum Gasteiger partial charge on any atom is 0.224 e. The number of carbonyl (C=O) groups excluding carboxylic acids is 1. The van der Waals surface area contributed by atoms with Crippen LogP contribution < -0.4 is 5.32 Å². The van der Waals surface area contributed by atoms with Gasteiger partial charge in [0.15, 0.2) is 0 Å². The van der Waals surface area contributed by atoms with Gasteiger partial charge in [0, 0.05) is 6.42 Å². The molecule has 0 saturated carbocycles. The molecule has 3 nitrogen and oxygen atoms in total. The van der Waals surface area contributed by atoms with E-state index in [1.807, 2.05) is 13.0 Å². The first-order valence-electron chi connectivity index (χ1n) is 6.71. The highest BCUT2D eigenvalue weighted by Gasteiger charge is 2.18. The summed E-state index contributed by atoms with van der Waals surface area (Å²) in [6.07, 6.45) is 1.28. The van der Waals surface area contributed by atoms with Crippen LogP contribution in [0, 0.1) is 28.5 Å². The van der Waals surface area contributed by atoms with Crippen LogP contribution in [0.4, 0.5) is 10.1 Å². The molecule has 1 unspecified atom stereocenters. The maximum absolute atomic E-state index is 13.6. The monoisotopic (exact) mass is 276 g/mol. The van der Waals surface area contributed by atoms with Crippen molar-refractivity contribution in [2.45, 2.75) is 40.5 Å². The van der Waals surface area contributed by atoms with Gasteiger partial charge in [0.1, 0.15) is 5.82 Å². The molecule has 20 heavy (non-hydrogen) atoms. The third kappa shape index (κ3) is 5.40. The Labute approximate surface area is 119 Å². The lowest BCUT2D eigenvalue weighted by molar-refractivity contribution is -0.117. The lowest BCUT2D eigenvalue weighted by atomic mass is 9.84. The van der Waals surface area contributed by atoms with Crippen LogP contribution in [0.15, 0.2) is 18.2 Å². The van der Waals surface area contributed by atoms with E-state index in [1.54, 1.807) is 0 Å². The molecular weight excluding hydrogens is 255 g/mol. The van der Waals surface area contributed by atoms with Gasteiger partial charge in [-0.05, 0) is 36.0 Å². The van der Waals surface area contributed by atoms with E-state index in [1.165, 1.54) is 12.1 Å². The summed E-state index contributed by atoms with van der Waals surface area (Å²) < 4.78 is 13.6. The quantitative estimate of drug-likeness (QED) is 0.900. The zero-order valence-electron chi connectivity index (χ0n) is 12.5. The Kier molecular flexibility index (Phi) is 5.26. The molecule has 0 fully saturated rings. The highest BCUT2D eigenvalue weighted by atomic mass is 19.1. The van der Waals surface area contributed by atoms with E-state index < -0.39 is 5.82 Å². The maximum atomic E-state index is 13.6. The Morgan fingerprint density at radius 3 is 2.60 bits per heavy atom. The molecule has 1 aromatic carbocycles. The number of nitrogens with one attached hydrogen (secondary N) is 1. The number of nitriles is 1. The van der Waals surface area contributed by atoms with Gasteiger partial charge in [-0.25, -0.2) is 4.39 Å². The van der Waals surface area contributed by atoms with E-state index >= 15 is 0 Å². The average molecular weight is 276 g/mol. The highest BCUT2D eigenvalue weighted by molar-refractivity contribution is 5.91. The SMILES string of the molecule is CC(CC(=O)Nc1ccc(C#N)cc1F)CC(C)(C)C. The van der Waals surface area contributed by atoms with Crippen LogP contribution in [0.5, 0.6) is 0 Å². The van der Waals surface area contributed by atoms with Gasteiger partial charge in [0.2, 0.25) is 5.91 Å². The topological polar surface area (TPSA) is 52.9 Å². The van der Waals surface area contributed by atoms with E-state index in [0.29, 0.717) is 6.42 Å². The van der Waals surface area contributed by atoms with Crippen molar-refractivity contribution in [2.75, 3.05) is 5.32 Å². The van der Waals surface area contributed by atoms with Crippen LogP contribution in [-0.4, -0.2) is 5.91 Å². The van der Waals surface area contributed by atoms with Crippen molar-refractivity contribution in [3.63, 3.8) is 0 Å². The summed E-state index contributed by atoms with van der Waals surface area (Å²) in [4.78, 5) is 11.9. The molecule has 0 aliphatic heterocycles. The normalized spacial score (nSPS) is 12.6. The first kappa shape index (κ1) is 16.2. The molecule has 0 heterocycles. The fourth-order valence-electron chi connectivity index (χ4n) is 2.32. The fourth-order valence-corrected chi connectivity index (χ4v) is 2.32. The number of rotatable bonds is 4. The van der Waals surface area contributed by atoms with Crippen molar-refractivity contribution in [2.24, 2.45) is 11.3 Å². The van der Waals surface area contributed by atoms with E-state index in [0.717, 1.165) is 12.5 Å². The minimum Gasteiger partial charge on any atom is -0.324 e. The van der Waals surface area contributed by atoms with Crippen LogP contribution in [0.25, 0.3) is 0 Å². The number of hydrogen-bond donors (Lipinski definition) is 1. The van der Waals surface area contributed by atoms with Gasteiger partial charge in [0.25, 0.3) is 0 Å². The van der Waals surface area contributed by atoms with E-state index in [9.17, 15) is 9.18 Å². The van der Waals surface area contributed by atoms with Gasteiger partial charge in [-0.3, -0.25) is 4.79 Å². The summed E-state index contributed by atoms with van der Waals surface area (Å²) in [5.74, 6) is -0.553. The molecule has 0 saturated heterocycles. The standard InChI is InChI=1S/C16H21FN2O/c1-11(9-16(2,3)4)7-15(20)19-14-6-5-12(10-18)8-13(14)17/h5-6,8,11H,7,9H2,1-4H3,(H,19,20). The van der Waals surface area contributed by atoms with Crippen LogP contribution in [0.1, 0.15) is 46.1 Å². The van der Waals surface area contributed by atoms with Crippen molar-refractivity contribution in [3.8, 4) is 6.07 Å². The number of amides is 1. The van der Waals surface area contributed by atoms with Crippen molar-refractivity contribution in [3.05, 3.63) is 29.6 Å². The lowest BCUT2D eigenvalue weighted by Gasteiger charge is -2.22. The van der Waals surface area contributed by atoms with Crippen molar-refractivity contribution in [1.29, 1.82) is 5.26 Å². The Morgan fingerprint density at radius 2 is 2.10 bits per heavy atom. The molecule has 4 heteroatoms. The fraction of sp³-hybridized carbons (Fsp3) is 0.500. The van der Waals surface area contributed by atoms with Gasteiger partial charge in [-0.2, -0.15) is 5.26 Å². The first-order chi connectivity index (χ1) is 9.21. The van der Waals surface area contributed by atoms with Crippen LogP contribution in [0.2, 0.25) is 0 Å². The summed E-state index contributed by atoms with van der Waals surface area (Å²) in [6.45, 7) is 8.39. The molecular formula is C16H21FN2O. The number of benzene rings is 1. The number of anilines is 1. The minimum atomic E-state index is -0.583. The summed E-state index contributed by atoms with van der Waals surface area (Å²) in [5.41, 5.74) is 0.526. The molecule has 1 rings (SSSR count). The van der Waals surface area contributed by atoms with Gasteiger partial charge in [0.05, 0.1) is 17.3 Å². The Balaban J connectivity index is 2.61. The summed E-state index contributed by atoms with van der Waals surface area (Å²) in [7, 11) is 0. The summed E-state index contributed by atoms with van der Waals surface area (Å²) in [5, 5.41) is 11.2. The second kappa shape index (κ2) is 6.51. The van der Waals surface area contributed by atoms with E-state index in [2.05, 4.69) is 26.1 Å². The third-order valence-corrected chi connectivity index (χ3v) is 2.87. The predicted octanol–water partition coefficient (Wildman–Crippen LogP) is 4.10. The highest BCUT2D eigenvalue weighted by Crippen LogP contribution is 2.26.